The Hall–Kier alpha value is -6.88. The van der Waals surface area contributed by atoms with Gasteiger partial charge in [0, 0.05) is 21.8 Å². The highest BCUT2D eigenvalue weighted by molar-refractivity contribution is 6.13. The molecule has 0 saturated heterocycles. The average molecular weight is 611 g/mol. The zero-order valence-electron chi connectivity index (χ0n) is 25.8. The van der Waals surface area contributed by atoms with Crippen LogP contribution in [0.3, 0.4) is 0 Å². The topological polar surface area (TPSA) is 18.6 Å². The zero-order chi connectivity index (χ0) is 32.2. The summed E-state index contributed by atoms with van der Waals surface area (Å²) in [6, 6.07) is 54.3. The molecule has 2 aromatic heterocycles. The predicted molar refractivity (Wildman–Crippen MR) is 199 cm³/mol. The quantitative estimate of drug-likeness (QED) is 0.177. The number of hydrogen-bond acceptors (Lipinski definition) is 0. The number of aromatic nitrogens is 2. The van der Waals surface area contributed by atoms with Gasteiger partial charge in [-0.05, 0) is 64.0 Å². The van der Waals surface area contributed by atoms with E-state index in [0.29, 0.717) is 11.4 Å². The summed E-state index contributed by atoms with van der Waals surface area (Å²) in [4.78, 5) is 7.91. The minimum Gasteiger partial charge on any atom is -0.319 e. The molecule has 0 radical (unpaired) electrons. The van der Waals surface area contributed by atoms with Crippen LogP contribution in [0.4, 0.5) is 11.4 Å². The van der Waals surface area contributed by atoms with Crippen molar-refractivity contribution in [1.82, 2.24) is 9.13 Å². The average Bonchev–Trinajstić information content (AvgIpc) is 3.68. The highest BCUT2D eigenvalue weighted by atomic mass is 15.0. The summed E-state index contributed by atoms with van der Waals surface area (Å²) in [6.45, 7) is 16.1. The fourth-order valence-electron chi connectivity index (χ4n) is 7.30. The summed E-state index contributed by atoms with van der Waals surface area (Å²) in [5.74, 6) is 0. The summed E-state index contributed by atoms with van der Waals surface area (Å²) in [7, 11) is 0. The summed E-state index contributed by atoms with van der Waals surface area (Å²) in [5.41, 5.74) is 11.4. The number of para-hydroxylation sites is 5. The van der Waals surface area contributed by atoms with Gasteiger partial charge in [-0.1, -0.05) is 121 Å². The van der Waals surface area contributed by atoms with Crippen LogP contribution in [0.25, 0.3) is 86.9 Å². The molecule has 0 saturated carbocycles. The molecule has 7 aromatic carbocycles. The van der Waals surface area contributed by atoms with Crippen molar-refractivity contribution < 1.29 is 0 Å². The maximum Gasteiger partial charge on any atom is 0.211 e. The van der Waals surface area contributed by atoms with Crippen LogP contribution in [0.5, 0.6) is 0 Å². The lowest BCUT2D eigenvalue weighted by Gasteiger charge is -2.17. The first-order chi connectivity index (χ1) is 23.7. The molecule has 4 nitrogen and oxygen atoms in total. The number of fused-ring (bicyclic) bond motifs is 6. The van der Waals surface area contributed by atoms with Gasteiger partial charge in [0.15, 0.2) is 0 Å². The SMILES string of the molecule is [C-]#[N+]c1cccc(-c2cccc(-c3cccc(-n4c5ccccc5c5cccc([N+]#[C-])c54)c3)c2)c1-n1c2ccccc2c2ccccc21. The van der Waals surface area contributed by atoms with E-state index in [4.69, 9.17) is 13.1 Å². The second kappa shape index (κ2) is 10.9. The van der Waals surface area contributed by atoms with Crippen molar-refractivity contribution in [3.63, 3.8) is 0 Å². The van der Waals surface area contributed by atoms with E-state index in [0.717, 1.165) is 77.2 Å². The third-order valence-corrected chi connectivity index (χ3v) is 9.34. The molecule has 0 atom stereocenters. The van der Waals surface area contributed by atoms with Crippen molar-refractivity contribution in [3.05, 3.63) is 181 Å². The Balaban J connectivity index is 1.24. The Morgan fingerprint density at radius 3 is 1.58 bits per heavy atom. The molecule has 0 N–H and O–H groups in total. The molecule has 0 fully saturated rings. The van der Waals surface area contributed by atoms with Crippen LogP contribution < -0.4 is 0 Å². The lowest BCUT2D eigenvalue weighted by molar-refractivity contribution is 1.18. The van der Waals surface area contributed by atoms with E-state index in [2.05, 4.69) is 152 Å². The molecule has 0 unspecified atom stereocenters. The first kappa shape index (κ1) is 27.4. The monoisotopic (exact) mass is 610 g/mol. The van der Waals surface area contributed by atoms with Crippen LogP contribution in [0.15, 0.2) is 158 Å². The van der Waals surface area contributed by atoms with Gasteiger partial charge in [-0.3, -0.25) is 0 Å². The Kier molecular flexibility index (Phi) is 6.22. The summed E-state index contributed by atoms with van der Waals surface area (Å²) in [5, 5.41) is 4.53. The number of benzene rings is 7. The fraction of sp³-hybridized carbons (Fsp3) is 0. The first-order valence-electron chi connectivity index (χ1n) is 15.8. The Morgan fingerprint density at radius 1 is 0.396 bits per heavy atom. The van der Waals surface area contributed by atoms with Gasteiger partial charge in [0.25, 0.3) is 0 Å². The lowest BCUT2D eigenvalue weighted by Crippen LogP contribution is -1.98. The van der Waals surface area contributed by atoms with Gasteiger partial charge < -0.3 is 9.13 Å². The van der Waals surface area contributed by atoms with E-state index >= 15 is 0 Å². The number of nitrogens with zero attached hydrogens (tertiary/aromatic N) is 4. The van der Waals surface area contributed by atoms with Crippen molar-refractivity contribution in [2.24, 2.45) is 0 Å². The molecule has 222 valence electrons. The molecule has 4 heteroatoms. The molecule has 48 heavy (non-hydrogen) atoms. The largest absolute Gasteiger partial charge is 0.319 e. The lowest BCUT2D eigenvalue weighted by atomic mass is 9.97. The van der Waals surface area contributed by atoms with Crippen LogP contribution in [-0.4, -0.2) is 9.13 Å². The maximum atomic E-state index is 8.17. The van der Waals surface area contributed by atoms with Crippen molar-refractivity contribution in [2.75, 3.05) is 0 Å². The third-order valence-electron chi connectivity index (χ3n) is 9.34. The molecule has 0 aliphatic heterocycles. The smallest absolute Gasteiger partial charge is 0.211 e. The maximum absolute atomic E-state index is 8.17. The Labute approximate surface area is 277 Å². The number of hydrogen-bond donors (Lipinski definition) is 0. The van der Waals surface area contributed by atoms with Crippen molar-refractivity contribution in [3.8, 4) is 33.6 Å². The van der Waals surface area contributed by atoms with E-state index < -0.39 is 0 Å². The highest BCUT2D eigenvalue weighted by Gasteiger charge is 2.19. The molecule has 0 aliphatic rings. The first-order valence-corrected chi connectivity index (χ1v) is 15.8. The van der Waals surface area contributed by atoms with Crippen molar-refractivity contribution in [2.45, 2.75) is 0 Å². The Morgan fingerprint density at radius 2 is 0.896 bits per heavy atom. The van der Waals surface area contributed by atoms with Crippen LogP contribution in [0, 0.1) is 13.1 Å². The molecule has 2 heterocycles. The molecule has 0 spiro atoms. The van der Waals surface area contributed by atoms with Crippen molar-refractivity contribution in [1.29, 1.82) is 0 Å². The van der Waals surface area contributed by atoms with Gasteiger partial charge in [-0.25, -0.2) is 9.69 Å². The fourth-order valence-corrected chi connectivity index (χ4v) is 7.30. The molecule has 0 bridgehead atoms. The van der Waals surface area contributed by atoms with Crippen LogP contribution in [-0.2, 0) is 0 Å². The van der Waals surface area contributed by atoms with Crippen LogP contribution >= 0.6 is 0 Å². The molecule has 0 amide bonds. The normalized spacial score (nSPS) is 11.3. The van der Waals surface area contributed by atoms with E-state index in [9.17, 15) is 0 Å². The van der Waals surface area contributed by atoms with E-state index in [-0.39, 0.29) is 0 Å². The third kappa shape index (κ3) is 4.07. The summed E-state index contributed by atoms with van der Waals surface area (Å²) >= 11 is 0. The van der Waals surface area contributed by atoms with E-state index in [1.165, 1.54) is 0 Å². The molecule has 9 aromatic rings. The summed E-state index contributed by atoms with van der Waals surface area (Å²) in [6.07, 6.45) is 0. The van der Waals surface area contributed by atoms with Gasteiger partial charge in [-0.15, -0.1) is 0 Å². The predicted octanol–water partition coefficient (Wildman–Crippen LogP) is 12.3. The van der Waals surface area contributed by atoms with Crippen LogP contribution in [0.2, 0.25) is 0 Å². The second-order valence-corrected chi connectivity index (χ2v) is 11.9. The summed E-state index contributed by atoms with van der Waals surface area (Å²) < 4.78 is 4.46. The van der Waals surface area contributed by atoms with Gasteiger partial charge in [0.05, 0.1) is 40.9 Å². The molecular weight excluding hydrogens is 585 g/mol. The second-order valence-electron chi connectivity index (χ2n) is 11.9. The van der Waals surface area contributed by atoms with Gasteiger partial charge in [0.2, 0.25) is 11.4 Å². The number of rotatable bonds is 4. The Bertz CT molecular complexity index is 2760. The molecular formula is C44H26N4. The van der Waals surface area contributed by atoms with Gasteiger partial charge in [0.1, 0.15) is 0 Å². The van der Waals surface area contributed by atoms with E-state index in [1.807, 2.05) is 24.3 Å². The zero-order valence-corrected chi connectivity index (χ0v) is 25.8. The minimum absolute atomic E-state index is 0.605. The standard InChI is InChI=1S/C44H26N4/c1-45-38-22-11-20-33(43(38)48-41-25-7-3-17-34(41)35-18-4-8-26-42(35)48)31-15-9-13-29(27-31)30-14-10-16-32(28-30)47-40-24-6-5-19-36(40)37-21-12-23-39(46-2)44(37)47/h3-28H. The van der Waals surface area contributed by atoms with Crippen LogP contribution in [0.1, 0.15) is 0 Å². The van der Waals surface area contributed by atoms with E-state index in [1.54, 1.807) is 0 Å². The molecule has 0 aliphatic carbocycles. The molecule has 9 rings (SSSR count). The van der Waals surface area contributed by atoms with Gasteiger partial charge in [-0.2, -0.15) is 0 Å². The van der Waals surface area contributed by atoms with Gasteiger partial charge >= 0.3 is 0 Å². The minimum atomic E-state index is 0.605. The highest BCUT2D eigenvalue weighted by Crippen LogP contribution is 2.42. The van der Waals surface area contributed by atoms with Crippen molar-refractivity contribution >= 4 is 55.0 Å².